The van der Waals surface area contributed by atoms with Gasteiger partial charge in [0.25, 0.3) is 0 Å². The van der Waals surface area contributed by atoms with E-state index in [4.69, 9.17) is 0 Å². The first-order chi connectivity index (χ1) is 6.02. The topological polar surface area (TPSA) is 23.5 Å². The van der Waals surface area contributed by atoms with E-state index in [-0.39, 0.29) is 5.82 Å². The van der Waals surface area contributed by atoms with Crippen molar-refractivity contribution in [3.63, 3.8) is 0 Å². The van der Waals surface area contributed by atoms with E-state index in [1.165, 1.54) is 6.07 Å². The van der Waals surface area contributed by atoms with Crippen LogP contribution in [0, 0.1) is 5.82 Å². The Morgan fingerprint density at radius 3 is 2.38 bits per heavy atom. The maximum atomic E-state index is 13.3. The second-order valence-corrected chi connectivity index (χ2v) is 3.28. The van der Waals surface area contributed by atoms with Gasteiger partial charge in [0.2, 0.25) is 0 Å². The van der Waals surface area contributed by atoms with Crippen molar-refractivity contribution in [1.82, 2.24) is 0 Å². The van der Waals surface area contributed by atoms with E-state index in [2.05, 4.69) is 0 Å². The molecule has 1 aromatic carbocycles. The fourth-order valence-corrected chi connectivity index (χ4v) is 1.15. The molecule has 1 aromatic rings. The van der Waals surface area contributed by atoms with Gasteiger partial charge in [-0.25, -0.2) is 4.39 Å². The van der Waals surface area contributed by atoms with Gasteiger partial charge >= 0.3 is 0 Å². The Bertz CT molecular complexity index is 297. The van der Waals surface area contributed by atoms with Crippen LogP contribution in [0.25, 0.3) is 0 Å². The summed E-state index contributed by atoms with van der Waals surface area (Å²) in [7, 11) is 3.56. The van der Waals surface area contributed by atoms with Crippen LogP contribution in [0.15, 0.2) is 18.2 Å². The third-order valence-electron chi connectivity index (χ3n) is 1.94. The summed E-state index contributed by atoms with van der Waals surface area (Å²) in [4.78, 5) is 1.70. The van der Waals surface area contributed by atoms with Gasteiger partial charge < -0.3 is 10.0 Å². The summed E-state index contributed by atoms with van der Waals surface area (Å²) in [6.45, 7) is 1.62. The van der Waals surface area contributed by atoms with Crippen molar-refractivity contribution in [2.45, 2.75) is 13.0 Å². The predicted molar refractivity (Wildman–Crippen MR) is 51.4 cm³/mol. The summed E-state index contributed by atoms with van der Waals surface area (Å²) in [5.74, 6) is -0.302. The van der Waals surface area contributed by atoms with Gasteiger partial charge in [0.05, 0.1) is 11.8 Å². The highest BCUT2D eigenvalue weighted by Gasteiger charge is 2.07. The van der Waals surface area contributed by atoms with E-state index >= 15 is 0 Å². The van der Waals surface area contributed by atoms with Crippen LogP contribution in [0.3, 0.4) is 0 Å². The molecule has 0 aromatic heterocycles. The van der Waals surface area contributed by atoms with Gasteiger partial charge in [0, 0.05) is 14.1 Å². The first-order valence-electron chi connectivity index (χ1n) is 4.17. The first-order valence-corrected chi connectivity index (χ1v) is 4.17. The van der Waals surface area contributed by atoms with Crippen molar-refractivity contribution in [2.24, 2.45) is 0 Å². The van der Waals surface area contributed by atoms with E-state index < -0.39 is 6.10 Å². The van der Waals surface area contributed by atoms with Crippen molar-refractivity contribution in [2.75, 3.05) is 19.0 Å². The Hall–Kier alpha value is -1.09. The number of aliphatic hydroxyl groups is 1. The minimum Gasteiger partial charge on any atom is -0.389 e. The highest BCUT2D eigenvalue weighted by molar-refractivity contribution is 5.47. The van der Waals surface area contributed by atoms with Gasteiger partial charge in [-0.3, -0.25) is 0 Å². The molecule has 0 aliphatic heterocycles. The highest BCUT2D eigenvalue weighted by Crippen LogP contribution is 2.21. The molecule has 0 heterocycles. The molecule has 1 N–H and O–H groups in total. The summed E-state index contributed by atoms with van der Waals surface area (Å²) in [6.07, 6.45) is -0.620. The Kier molecular flexibility index (Phi) is 2.88. The van der Waals surface area contributed by atoms with Crippen LogP contribution in [0.5, 0.6) is 0 Å². The Morgan fingerprint density at radius 2 is 2.00 bits per heavy atom. The van der Waals surface area contributed by atoms with E-state index in [9.17, 15) is 9.50 Å². The Balaban J connectivity index is 3.06. The minimum atomic E-state index is -0.620. The molecule has 0 saturated carbocycles. The summed E-state index contributed by atoms with van der Waals surface area (Å²) < 4.78 is 13.3. The fraction of sp³-hybridized carbons (Fsp3) is 0.400. The van der Waals surface area contributed by atoms with Gasteiger partial charge in [-0.05, 0) is 24.6 Å². The van der Waals surface area contributed by atoms with E-state index in [0.717, 1.165) is 0 Å². The average molecular weight is 183 g/mol. The van der Waals surface area contributed by atoms with Crippen LogP contribution in [0.2, 0.25) is 0 Å². The molecular weight excluding hydrogens is 169 g/mol. The number of nitrogens with zero attached hydrogens (tertiary/aromatic N) is 1. The lowest BCUT2D eigenvalue weighted by Gasteiger charge is -2.14. The monoisotopic (exact) mass is 183 g/mol. The van der Waals surface area contributed by atoms with Crippen LogP contribution in [-0.2, 0) is 0 Å². The minimum absolute atomic E-state index is 0.302. The maximum absolute atomic E-state index is 13.3. The lowest BCUT2D eigenvalue weighted by atomic mass is 10.1. The Labute approximate surface area is 77.6 Å². The lowest BCUT2D eigenvalue weighted by molar-refractivity contribution is 0.199. The normalized spacial score (nSPS) is 12.7. The van der Waals surface area contributed by atoms with Crippen LogP contribution in [-0.4, -0.2) is 19.2 Å². The van der Waals surface area contributed by atoms with Crippen molar-refractivity contribution in [3.05, 3.63) is 29.6 Å². The zero-order chi connectivity index (χ0) is 10.0. The van der Waals surface area contributed by atoms with Crippen molar-refractivity contribution >= 4 is 5.69 Å². The third kappa shape index (κ3) is 2.18. The molecule has 72 valence electrons. The SMILES string of the molecule is C[C@@H](O)c1ccc(N(C)C)c(F)c1. The number of rotatable bonds is 2. The molecular formula is C10H14FNO. The Morgan fingerprint density at radius 1 is 1.38 bits per heavy atom. The number of benzene rings is 1. The molecule has 0 fully saturated rings. The molecule has 0 saturated heterocycles. The standard InChI is InChI=1S/C10H14FNO/c1-7(13)8-4-5-10(12(2)3)9(11)6-8/h4-7,13H,1-3H3/t7-/m1/s1. The van der Waals surface area contributed by atoms with Gasteiger partial charge in [0.15, 0.2) is 0 Å². The fourth-order valence-electron chi connectivity index (χ4n) is 1.15. The van der Waals surface area contributed by atoms with Gasteiger partial charge in [0.1, 0.15) is 5.82 Å². The maximum Gasteiger partial charge on any atom is 0.146 e. The second kappa shape index (κ2) is 3.75. The molecule has 0 aliphatic rings. The molecule has 3 heteroatoms. The number of aliphatic hydroxyl groups excluding tert-OH is 1. The van der Waals surface area contributed by atoms with Gasteiger partial charge in [-0.1, -0.05) is 6.07 Å². The molecule has 2 nitrogen and oxygen atoms in total. The molecule has 1 atom stereocenters. The number of halogens is 1. The second-order valence-electron chi connectivity index (χ2n) is 3.28. The van der Waals surface area contributed by atoms with E-state index in [0.29, 0.717) is 11.3 Å². The van der Waals surface area contributed by atoms with Crippen LogP contribution < -0.4 is 4.90 Å². The molecule has 1 rings (SSSR count). The van der Waals surface area contributed by atoms with E-state index in [1.54, 1.807) is 38.1 Å². The number of hydrogen-bond donors (Lipinski definition) is 1. The average Bonchev–Trinajstić information content (AvgIpc) is 2.03. The summed E-state index contributed by atoms with van der Waals surface area (Å²) in [5.41, 5.74) is 1.13. The summed E-state index contributed by atoms with van der Waals surface area (Å²) >= 11 is 0. The van der Waals surface area contributed by atoms with E-state index in [1.807, 2.05) is 0 Å². The van der Waals surface area contributed by atoms with Crippen LogP contribution >= 0.6 is 0 Å². The smallest absolute Gasteiger partial charge is 0.146 e. The summed E-state index contributed by atoms with van der Waals surface area (Å²) in [5, 5.41) is 9.20. The third-order valence-corrected chi connectivity index (χ3v) is 1.94. The van der Waals surface area contributed by atoms with Gasteiger partial charge in [-0.15, -0.1) is 0 Å². The van der Waals surface area contributed by atoms with Crippen molar-refractivity contribution in [3.8, 4) is 0 Å². The molecule has 0 radical (unpaired) electrons. The lowest BCUT2D eigenvalue weighted by Crippen LogP contribution is -2.10. The predicted octanol–water partition coefficient (Wildman–Crippen LogP) is 1.95. The van der Waals surface area contributed by atoms with Gasteiger partial charge in [-0.2, -0.15) is 0 Å². The molecule has 13 heavy (non-hydrogen) atoms. The first kappa shape index (κ1) is 9.99. The number of hydrogen-bond acceptors (Lipinski definition) is 2. The van der Waals surface area contributed by atoms with Crippen LogP contribution in [0.4, 0.5) is 10.1 Å². The zero-order valence-corrected chi connectivity index (χ0v) is 8.08. The molecule has 0 bridgehead atoms. The summed E-state index contributed by atoms with van der Waals surface area (Å²) in [6, 6.07) is 4.75. The molecule has 0 aliphatic carbocycles. The molecule has 0 amide bonds. The van der Waals surface area contributed by atoms with Crippen LogP contribution in [0.1, 0.15) is 18.6 Å². The van der Waals surface area contributed by atoms with Crippen molar-refractivity contribution < 1.29 is 9.50 Å². The molecule has 0 unspecified atom stereocenters. The highest BCUT2D eigenvalue weighted by atomic mass is 19.1. The quantitative estimate of drug-likeness (QED) is 0.757. The van der Waals surface area contributed by atoms with Crippen molar-refractivity contribution in [1.29, 1.82) is 0 Å². The molecule has 0 spiro atoms. The zero-order valence-electron chi connectivity index (χ0n) is 8.08. The number of anilines is 1. The largest absolute Gasteiger partial charge is 0.389 e.